The van der Waals surface area contributed by atoms with E-state index in [1.54, 1.807) is 6.07 Å². The second-order valence-electron chi connectivity index (χ2n) is 5.32. The minimum Gasteiger partial charge on any atom is -0.316 e. The van der Waals surface area contributed by atoms with Gasteiger partial charge in [0.2, 0.25) is 0 Å². The second kappa shape index (κ2) is 5.66. The summed E-state index contributed by atoms with van der Waals surface area (Å²) in [6.07, 6.45) is 0. The lowest BCUT2D eigenvalue weighted by Crippen LogP contribution is -2.06. The zero-order valence-electron chi connectivity index (χ0n) is 12.3. The van der Waals surface area contributed by atoms with E-state index in [0.29, 0.717) is 12.1 Å². The molecule has 3 rings (SSSR count). The lowest BCUT2D eigenvalue weighted by Gasteiger charge is -2.12. The standard InChI is InChI=1S/C19H18FN/c1-13-7-8-14-5-3-4-6-17(14)19(13)15-9-10-16(12-21-2)18(20)11-15/h3-11,21H,12H2,1-2H3. The van der Waals surface area contributed by atoms with Crippen molar-refractivity contribution in [3.05, 3.63) is 71.5 Å². The molecule has 0 spiro atoms. The molecular weight excluding hydrogens is 261 g/mol. The van der Waals surface area contributed by atoms with E-state index >= 15 is 0 Å². The number of nitrogens with one attached hydrogen (secondary N) is 1. The first-order valence-corrected chi connectivity index (χ1v) is 7.12. The van der Waals surface area contributed by atoms with Crippen molar-refractivity contribution < 1.29 is 4.39 Å². The molecule has 0 atom stereocenters. The Balaban J connectivity index is 2.20. The molecule has 0 bridgehead atoms. The Morgan fingerprint density at radius 3 is 2.57 bits per heavy atom. The Bertz CT molecular complexity index is 793. The summed E-state index contributed by atoms with van der Waals surface area (Å²) < 4.78 is 14.2. The van der Waals surface area contributed by atoms with E-state index in [0.717, 1.165) is 16.7 Å². The smallest absolute Gasteiger partial charge is 0.128 e. The molecule has 0 saturated carbocycles. The van der Waals surface area contributed by atoms with Gasteiger partial charge in [0, 0.05) is 12.1 Å². The fourth-order valence-electron chi connectivity index (χ4n) is 2.80. The third kappa shape index (κ3) is 2.55. The lowest BCUT2D eigenvalue weighted by atomic mass is 9.93. The zero-order chi connectivity index (χ0) is 14.8. The maximum atomic E-state index is 14.2. The summed E-state index contributed by atoms with van der Waals surface area (Å²) in [6.45, 7) is 2.61. The highest BCUT2D eigenvalue weighted by atomic mass is 19.1. The highest BCUT2D eigenvalue weighted by Crippen LogP contribution is 2.32. The molecule has 0 radical (unpaired) electrons. The molecule has 0 aliphatic heterocycles. The van der Waals surface area contributed by atoms with Gasteiger partial charge in [-0.05, 0) is 47.5 Å². The predicted octanol–water partition coefficient (Wildman–Crippen LogP) is 4.67. The summed E-state index contributed by atoms with van der Waals surface area (Å²) in [5.41, 5.74) is 3.90. The van der Waals surface area contributed by atoms with Gasteiger partial charge >= 0.3 is 0 Å². The van der Waals surface area contributed by atoms with E-state index in [4.69, 9.17) is 0 Å². The van der Waals surface area contributed by atoms with Gasteiger partial charge in [-0.25, -0.2) is 4.39 Å². The molecule has 0 amide bonds. The normalized spacial score (nSPS) is 11.0. The third-order valence-corrected chi connectivity index (χ3v) is 3.85. The van der Waals surface area contributed by atoms with Crippen LogP contribution < -0.4 is 5.32 Å². The molecule has 2 heteroatoms. The first-order valence-electron chi connectivity index (χ1n) is 7.12. The second-order valence-corrected chi connectivity index (χ2v) is 5.32. The van der Waals surface area contributed by atoms with E-state index in [9.17, 15) is 4.39 Å². The fraction of sp³-hybridized carbons (Fsp3) is 0.158. The van der Waals surface area contributed by atoms with Crippen LogP contribution >= 0.6 is 0 Å². The largest absolute Gasteiger partial charge is 0.316 e. The van der Waals surface area contributed by atoms with Crippen molar-refractivity contribution in [1.29, 1.82) is 0 Å². The average Bonchev–Trinajstić information content (AvgIpc) is 2.49. The molecule has 0 aliphatic rings. The Morgan fingerprint density at radius 1 is 1.00 bits per heavy atom. The molecule has 3 aromatic carbocycles. The van der Waals surface area contributed by atoms with Crippen LogP contribution in [0.15, 0.2) is 54.6 Å². The lowest BCUT2D eigenvalue weighted by molar-refractivity contribution is 0.601. The van der Waals surface area contributed by atoms with E-state index in [2.05, 4.69) is 36.5 Å². The van der Waals surface area contributed by atoms with Crippen molar-refractivity contribution in [3.63, 3.8) is 0 Å². The van der Waals surface area contributed by atoms with Crippen LogP contribution in [0.4, 0.5) is 4.39 Å². The van der Waals surface area contributed by atoms with Gasteiger partial charge in [0.25, 0.3) is 0 Å². The van der Waals surface area contributed by atoms with Gasteiger partial charge in [0.05, 0.1) is 0 Å². The van der Waals surface area contributed by atoms with Crippen LogP contribution in [0.1, 0.15) is 11.1 Å². The van der Waals surface area contributed by atoms with Gasteiger partial charge in [-0.3, -0.25) is 0 Å². The summed E-state index contributed by atoms with van der Waals surface area (Å²) in [5, 5.41) is 5.33. The number of benzene rings is 3. The molecule has 106 valence electrons. The quantitative estimate of drug-likeness (QED) is 0.734. The maximum Gasteiger partial charge on any atom is 0.128 e. The third-order valence-electron chi connectivity index (χ3n) is 3.85. The van der Waals surface area contributed by atoms with E-state index in [1.165, 1.54) is 10.8 Å². The van der Waals surface area contributed by atoms with Gasteiger partial charge in [-0.15, -0.1) is 0 Å². The van der Waals surface area contributed by atoms with Crippen molar-refractivity contribution in [2.75, 3.05) is 7.05 Å². The van der Waals surface area contributed by atoms with Crippen molar-refractivity contribution in [2.24, 2.45) is 0 Å². The Morgan fingerprint density at radius 2 is 1.81 bits per heavy atom. The number of fused-ring (bicyclic) bond motifs is 1. The molecule has 3 aromatic rings. The molecule has 0 aliphatic carbocycles. The van der Waals surface area contributed by atoms with Gasteiger partial charge in [0.1, 0.15) is 5.82 Å². The van der Waals surface area contributed by atoms with Crippen LogP contribution in [0.2, 0.25) is 0 Å². The van der Waals surface area contributed by atoms with Crippen LogP contribution in [0.3, 0.4) is 0 Å². The molecular formula is C19H18FN. The molecule has 0 aromatic heterocycles. The van der Waals surface area contributed by atoms with E-state index in [1.807, 2.05) is 31.3 Å². The monoisotopic (exact) mass is 279 g/mol. The molecule has 0 unspecified atom stereocenters. The minimum absolute atomic E-state index is 0.158. The van der Waals surface area contributed by atoms with Crippen LogP contribution in [0, 0.1) is 12.7 Å². The van der Waals surface area contributed by atoms with Crippen molar-refractivity contribution in [1.82, 2.24) is 5.32 Å². The van der Waals surface area contributed by atoms with Crippen LogP contribution in [-0.2, 0) is 6.54 Å². The number of hydrogen-bond donors (Lipinski definition) is 1. The number of hydrogen-bond acceptors (Lipinski definition) is 1. The van der Waals surface area contributed by atoms with Gasteiger partial charge in [-0.1, -0.05) is 48.5 Å². The van der Waals surface area contributed by atoms with Gasteiger partial charge in [0.15, 0.2) is 0 Å². The van der Waals surface area contributed by atoms with Crippen LogP contribution in [0.5, 0.6) is 0 Å². The molecule has 1 nitrogen and oxygen atoms in total. The van der Waals surface area contributed by atoms with Crippen molar-refractivity contribution in [2.45, 2.75) is 13.5 Å². The van der Waals surface area contributed by atoms with Crippen molar-refractivity contribution in [3.8, 4) is 11.1 Å². The molecule has 0 heterocycles. The molecule has 1 N–H and O–H groups in total. The Kier molecular flexibility index (Phi) is 3.72. The number of halogens is 1. The van der Waals surface area contributed by atoms with Gasteiger partial charge in [-0.2, -0.15) is 0 Å². The van der Waals surface area contributed by atoms with Crippen LogP contribution in [-0.4, -0.2) is 7.05 Å². The summed E-state index contributed by atoms with van der Waals surface area (Å²) in [4.78, 5) is 0. The Hall–Kier alpha value is -2.19. The first-order chi connectivity index (χ1) is 10.2. The summed E-state index contributed by atoms with van der Waals surface area (Å²) in [7, 11) is 1.82. The number of rotatable bonds is 3. The highest BCUT2D eigenvalue weighted by molar-refractivity contribution is 5.98. The van der Waals surface area contributed by atoms with E-state index < -0.39 is 0 Å². The summed E-state index contributed by atoms with van der Waals surface area (Å²) in [5.74, 6) is -0.158. The topological polar surface area (TPSA) is 12.0 Å². The van der Waals surface area contributed by atoms with Gasteiger partial charge < -0.3 is 5.32 Å². The highest BCUT2D eigenvalue weighted by Gasteiger charge is 2.10. The molecule has 0 saturated heterocycles. The minimum atomic E-state index is -0.158. The molecule has 21 heavy (non-hydrogen) atoms. The predicted molar refractivity (Wildman–Crippen MR) is 86.8 cm³/mol. The van der Waals surface area contributed by atoms with Crippen LogP contribution in [0.25, 0.3) is 21.9 Å². The van der Waals surface area contributed by atoms with Crippen molar-refractivity contribution >= 4 is 10.8 Å². The molecule has 0 fully saturated rings. The summed E-state index contributed by atoms with van der Waals surface area (Å²) in [6, 6.07) is 17.9. The first kappa shape index (κ1) is 13.8. The number of aryl methyl sites for hydroxylation is 1. The zero-order valence-corrected chi connectivity index (χ0v) is 12.3. The average molecular weight is 279 g/mol. The van der Waals surface area contributed by atoms with E-state index in [-0.39, 0.29) is 5.82 Å². The summed E-state index contributed by atoms with van der Waals surface area (Å²) >= 11 is 0. The maximum absolute atomic E-state index is 14.2. The SMILES string of the molecule is CNCc1ccc(-c2c(C)ccc3ccccc23)cc1F. The Labute approximate surface area is 124 Å². The fourth-order valence-corrected chi connectivity index (χ4v) is 2.80.